The Morgan fingerprint density at radius 1 is 1.33 bits per heavy atom. The molecule has 1 aliphatic heterocycles. The standard InChI is InChI=1S/C14H29N3O/c1-6-12(3)17(7-2)13(18)14(4,5)16-10-8-15-9-11-16/h12,15H,6-11H2,1-5H3. The molecule has 1 saturated heterocycles. The first-order chi connectivity index (χ1) is 8.45. The third kappa shape index (κ3) is 3.23. The van der Waals surface area contributed by atoms with Crippen LogP contribution >= 0.6 is 0 Å². The second kappa shape index (κ2) is 6.53. The van der Waals surface area contributed by atoms with E-state index < -0.39 is 0 Å². The number of amides is 1. The fraction of sp³-hybridized carbons (Fsp3) is 0.929. The summed E-state index contributed by atoms with van der Waals surface area (Å²) in [6.45, 7) is 15.1. The minimum atomic E-state index is -0.387. The number of carbonyl (C=O) groups is 1. The molecule has 4 nitrogen and oxygen atoms in total. The molecule has 1 fully saturated rings. The lowest BCUT2D eigenvalue weighted by Gasteiger charge is -2.43. The second-order valence-corrected chi connectivity index (χ2v) is 5.64. The Morgan fingerprint density at radius 2 is 1.89 bits per heavy atom. The maximum Gasteiger partial charge on any atom is 0.242 e. The van der Waals surface area contributed by atoms with E-state index in [0.717, 1.165) is 39.1 Å². The van der Waals surface area contributed by atoms with Crippen LogP contribution in [0.4, 0.5) is 0 Å². The Hall–Kier alpha value is -0.610. The molecular weight excluding hydrogens is 226 g/mol. The van der Waals surface area contributed by atoms with Crippen LogP contribution in [0.5, 0.6) is 0 Å². The van der Waals surface area contributed by atoms with Gasteiger partial charge in [-0.15, -0.1) is 0 Å². The Labute approximate surface area is 112 Å². The summed E-state index contributed by atoms with van der Waals surface area (Å²) in [5.74, 6) is 0.265. The molecule has 0 aliphatic carbocycles. The molecule has 1 aliphatic rings. The molecule has 0 aromatic rings. The van der Waals surface area contributed by atoms with E-state index in [0.29, 0.717) is 6.04 Å². The smallest absolute Gasteiger partial charge is 0.242 e. The van der Waals surface area contributed by atoms with Crippen LogP contribution in [0.15, 0.2) is 0 Å². The fourth-order valence-electron chi connectivity index (χ4n) is 2.59. The summed E-state index contributed by atoms with van der Waals surface area (Å²) in [5.41, 5.74) is -0.387. The molecule has 106 valence electrons. The van der Waals surface area contributed by atoms with E-state index in [1.165, 1.54) is 0 Å². The molecule has 0 bridgehead atoms. The molecule has 1 N–H and O–H groups in total. The average molecular weight is 255 g/mol. The van der Waals surface area contributed by atoms with Gasteiger partial charge in [-0.05, 0) is 34.1 Å². The molecule has 0 radical (unpaired) electrons. The summed E-state index contributed by atoms with van der Waals surface area (Å²) in [5, 5.41) is 3.34. The first-order valence-corrected chi connectivity index (χ1v) is 7.22. The number of rotatable bonds is 5. The van der Waals surface area contributed by atoms with Crippen LogP contribution in [-0.2, 0) is 4.79 Å². The van der Waals surface area contributed by atoms with Crippen molar-refractivity contribution in [2.24, 2.45) is 0 Å². The van der Waals surface area contributed by atoms with Gasteiger partial charge in [-0.1, -0.05) is 6.92 Å². The zero-order valence-corrected chi connectivity index (χ0v) is 12.6. The first kappa shape index (κ1) is 15.4. The summed E-state index contributed by atoms with van der Waals surface area (Å²) >= 11 is 0. The zero-order valence-electron chi connectivity index (χ0n) is 12.6. The van der Waals surface area contributed by atoms with Crippen LogP contribution in [0, 0.1) is 0 Å². The van der Waals surface area contributed by atoms with Gasteiger partial charge < -0.3 is 10.2 Å². The van der Waals surface area contributed by atoms with E-state index >= 15 is 0 Å². The average Bonchev–Trinajstić information content (AvgIpc) is 2.40. The monoisotopic (exact) mass is 255 g/mol. The third-order valence-corrected chi connectivity index (χ3v) is 4.16. The number of nitrogens with one attached hydrogen (secondary N) is 1. The summed E-state index contributed by atoms with van der Waals surface area (Å²) in [7, 11) is 0. The Balaban J connectivity index is 2.78. The lowest BCUT2D eigenvalue weighted by molar-refractivity contribution is -0.145. The van der Waals surface area contributed by atoms with Gasteiger partial charge in [0.2, 0.25) is 5.91 Å². The number of hydrogen-bond donors (Lipinski definition) is 1. The zero-order chi connectivity index (χ0) is 13.8. The van der Waals surface area contributed by atoms with Gasteiger partial charge in [0.05, 0.1) is 5.54 Å². The van der Waals surface area contributed by atoms with Crippen molar-refractivity contribution in [1.82, 2.24) is 15.1 Å². The molecule has 1 unspecified atom stereocenters. The summed E-state index contributed by atoms with van der Waals surface area (Å²) in [6.07, 6.45) is 1.01. The van der Waals surface area contributed by atoms with Crippen LogP contribution in [0.3, 0.4) is 0 Å². The van der Waals surface area contributed by atoms with Gasteiger partial charge in [0, 0.05) is 38.8 Å². The molecule has 1 amide bonds. The quantitative estimate of drug-likeness (QED) is 0.805. The topological polar surface area (TPSA) is 35.6 Å². The molecule has 0 spiro atoms. The Bertz CT molecular complexity index is 272. The molecule has 0 saturated carbocycles. The lowest BCUT2D eigenvalue weighted by Crippen LogP contribution is -2.61. The van der Waals surface area contributed by atoms with E-state index in [9.17, 15) is 4.79 Å². The second-order valence-electron chi connectivity index (χ2n) is 5.64. The van der Waals surface area contributed by atoms with Crippen molar-refractivity contribution in [1.29, 1.82) is 0 Å². The van der Waals surface area contributed by atoms with Crippen LogP contribution in [0.2, 0.25) is 0 Å². The number of nitrogens with zero attached hydrogens (tertiary/aromatic N) is 2. The largest absolute Gasteiger partial charge is 0.339 e. The number of piperazine rings is 1. The van der Waals surface area contributed by atoms with Crippen molar-refractivity contribution < 1.29 is 4.79 Å². The molecule has 1 atom stereocenters. The minimum Gasteiger partial charge on any atom is -0.339 e. The van der Waals surface area contributed by atoms with Gasteiger partial charge >= 0.3 is 0 Å². The first-order valence-electron chi connectivity index (χ1n) is 7.22. The minimum absolute atomic E-state index is 0.265. The lowest BCUT2D eigenvalue weighted by atomic mass is 9.98. The Kier molecular flexibility index (Phi) is 5.60. The third-order valence-electron chi connectivity index (χ3n) is 4.16. The summed E-state index contributed by atoms with van der Waals surface area (Å²) in [6, 6.07) is 0.324. The van der Waals surface area contributed by atoms with E-state index in [4.69, 9.17) is 0 Å². The van der Waals surface area contributed by atoms with Crippen molar-refractivity contribution in [2.45, 2.75) is 52.6 Å². The highest BCUT2D eigenvalue weighted by molar-refractivity contribution is 5.85. The molecule has 1 heterocycles. The van der Waals surface area contributed by atoms with E-state index in [1.54, 1.807) is 0 Å². The van der Waals surface area contributed by atoms with Crippen LogP contribution in [0.25, 0.3) is 0 Å². The maximum atomic E-state index is 12.8. The highest BCUT2D eigenvalue weighted by Gasteiger charge is 2.38. The Morgan fingerprint density at radius 3 is 2.33 bits per heavy atom. The normalized spacial score (nSPS) is 19.6. The SMILES string of the molecule is CCC(C)N(CC)C(=O)C(C)(C)N1CCNCC1. The van der Waals surface area contributed by atoms with Gasteiger partial charge in [-0.25, -0.2) is 0 Å². The predicted molar refractivity (Wildman–Crippen MR) is 75.7 cm³/mol. The maximum absolute atomic E-state index is 12.8. The van der Waals surface area contributed by atoms with Crippen LogP contribution in [0.1, 0.15) is 41.0 Å². The van der Waals surface area contributed by atoms with Crippen molar-refractivity contribution in [2.75, 3.05) is 32.7 Å². The van der Waals surface area contributed by atoms with Crippen molar-refractivity contribution in [3.8, 4) is 0 Å². The molecule has 4 heteroatoms. The van der Waals surface area contributed by atoms with Gasteiger partial charge in [0.25, 0.3) is 0 Å². The van der Waals surface area contributed by atoms with Crippen molar-refractivity contribution >= 4 is 5.91 Å². The van der Waals surface area contributed by atoms with Crippen molar-refractivity contribution in [3.05, 3.63) is 0 Å². The molecule has 0 aromatic heterocycles. The summed E-state index contributed by atoms with van der Waals surface area (Å²) < 4.78 is 0. The highest BCUT2D eigenvalue weighted by Crippen LogP contribution is 2.20. The molecular formula is C14H29N3O. The molecule has 18 heavy (non-hydrogen) atoms. The van der Waals surface area contributed by atoms with E-state index in [-0.39, 0.29) is 11.4 Å². The number of hydrogen-bond acceptors (Lipinski definition) is 3. The molecule has 1 rings (SSSR count). The van der Waals surface area contributed by atoms with Crippen LogP contribution < -0.4 is 5.32 Å². The van der Waals surface area contributed by atoms with Crippen molar-refractivity contribution in [3.63, 3.8) is 0 Å². The summed E-state index contributed by atoms with van der Waals surface area (Å²) in [4.78, 5) is 17.1. The highest BCUT2D eigenvalue weighted by atomic mass is 16.2. The van der Waals surface area contributed by atoms with Gasteiger partial charge in [-0.2, -0.15) is 0 Å². The fourth-order valence-corrected chi connectivity index (χ4v) is 2.59. The predicted octanol–water partition coefficient (Wildman–Crippen LogP) is 1.32. The van der Waals surface area contributed by atoms with Gasteiger partial charge in [-0.3, -0.25) is 9.69 Å². The number of likely N-dealkylation sites (N-methyl/N-ethyl adjacent to an activating group) is 1. The van der Waals surface area contributed by atoms with Gasteiger partial charge in [0.1, 0.15) is 0 Å². The van der Waals surface area contributed by atoms with E-state index in [2.05, 4.69) is 44.8 Å². The van der Waals surface area contributed by atoms with E-state index in [1.807, 2.05) is 4.90 Å². The van der Waals surface area contributed by atoms with Crippen LogP contribution in [-0.4, -0.2) is 60.0 Å². The number of carbonyl (C=O) groups excluding carboxylic acids is 1. The molecule has 0 aromatic carbocycles. The van der Waals surface area contributed by atoms with Gasteiger partial charge in [0.15, 0.2) is 0 Å².